The number of carbonyl (C=O) groups excluding carboxylic acids is 1. The van der Waals surface area contributed by atoms with Gasteiger partial charge in [0, 0.05) is 26.2 Å². The summed E-state index contributed by atoms with van der Waals surface area (Å²) in [5.74, 6) is -0.506. The van der Waals surface area contributed by atoms with Gasteiger partial charge in [-0.2, -0.15) is 5.26 Å². The molecule has 5 nitrogen and oxygen atoms in total. The molecular weight excluding hydrogens is 379 g/mol. The lowest BCUT2D eigenvalue weighted by Crippen LogP contribution is -2.52. The number of fused-ring (bicyclic) bond motifs is 1. The zero-order valence-corrected chi connectivity index (χ0v) is 17.3. The van der Waals surface area contributed by atoms with Crippen molar-refractivity contribution >= 4 is 11.7 Å². The largest absolute Gasteiger partial charge is 0.367 e. The van der Waals surface area contributed by atoms with Gasteiger partial charge in [0.05, 0.1) is 11.7 Å². The van der Waals surface area contributed by atoms with Crippen LogP contribution in [0.5, 0.6) is 0 Å². The molecule has 0 radical (unpaired) electrons. The molecule has 1 saturated heterocycles. The van der Waals surface area contributed by atoms with Crippen LogP contribution in [0.4, 0.5) is 14.9 Å². The molecule has 1 aliphatic heterocycles. The first kappa shape index (κ1) is 20.2. The molecule has 4 rings (SSSR count). The number of nitriles is 1. The van der Waals surface area contributed by atoms with Crippen molar-refractivity contribution in [2.45, 2.75) is 38.6 Å². The van der Waals surface area contributed by atoms with Gasteiger partial charge in [0.15, 0.2) is 0 Å². The standard InChI is InChI=1S/C24H27FN4O/c1-17(19-10-9-18-5-2-3-6-20(18)15-19)27-24(30)29-13-11-28(12-14-29)23-8-4-7-22(25)21(23)16-26/h4,7-10,15,17H,2-3,5-6,11-14H2,1H3,(H,27,30). The minimum absolute atomic E-state index is 0.0591. The van der Waals surface area contributed by atoms with Crippen LogP contribution in [0, 0.1) is 17.1 Å². The number of benzene rings is 2. The SMILES string of the molecule is CC(NC(=O)N1CCN(c2cccc(F)c2C#N)CC1)c1ccc2c(c1)CCCC2. The zero-order chi connectivity index (χ0) is 21.1. The zero-order valence-electron chi connectivity index (χ0n) is 17.3. The number of amides is 2. The van der Waals surface area contributed by atoms with E-state index in [1.165, 1.54) is 30.0 Å². The molecule has 1 aliphatic carbocycles. The lowest BCUT2D eigenvalue weighted by Gasteiger charge is -2.37. The maximum Gasteiger partial charge on any atom is 0.317 e. The number of urea groups is 1. The molecule has 156 valence electrons. The highest BCUT2D eigenvalue weighted by molar-refractivity contribution is 5.75. The number of nitrogens with zero attached hydrogens (tertiary/aromatic N) is 3. The van der Waals surface area contributed by atoms with Crippen LogP contribution in [-0.4, -0.2) is 37.1 Å². The number of nitrogens with one attached hydrogen (secondary N) is 1. The minimum atomic E-state index is -0.506. The summed E-state index contributed by atoms with van der Waals surface area (Å²) in [6, 6.07) is 13.1. The molecule has 0 saturated carbocycles. The van der Waals surface area contributed by atoms with Gasteiger partial charge in [-0.3, -0.25) is 0 Å². The van der Waals surface area contributed by atoms with Crippen molar-refractivity contribution in [3.05, 3.63) is 64.5 Å². The van der Waals surface area contributed by atoms with Crippen molar-refractivity contribution in [1.29, 1.82) is 5.26 Å². The molecule has 0 aromatic heterocycles. The molecule has 1 N–H and O–H groups in total. The molecule has 0 spiro atoms. The van der Waals surface area contributed by atoms with Crippen molar-refractivity contribution in [2.75, 3.05) is 31.1 Å². The second kappa shape index (κ2) is 8.74. The van der Waals surface area contributed by atoms with Gasteiger partial charge < -0.3 is 15.1 Å². The van der Waals surface area contributed by atoms with Gasteiger partial charge in [-0.25, -0.2) is 9.18 Å². The van der Waals surface area contributed by atoms with Gasteiger partial charge in [-0.05, 0) is 61.4 Å². The van der Waals surface area contributed by atoms with E-state index in [-0.39, 0.29) is 17.6 Å². The summed E-state index contributed by atoms with van der Waals surface area (Å²) in [6.45, 7) is 4.22. The molecule has 1 heterocycles. The minimum Gasteiger partial charge on any atom is -0.367 e. The predicted molar refractivity (Wildman–Crippen MR) is 115 cm³/mol. The molecule has 1 atom stereocenters. The molecule has 2 aromatic carbocycles. The van der Waals surface area contributed by atoms with E-state index >= 15 is 0 Å². The Labute approximate surface area is 177 Å². The molecule has 2 aliphatic rings. The number of hydrogen-bond donors (Lipinski definition) is 1. The van der Waals surface area contributed by atoms with E-state index < -0.39 is 5.82 Å². The van der Waals surface area contributed by atoms with Crippen molar-refractivity contribution < 1.29 is 9.18 Å². The lowest BCUT2D eigenvalue weighted by atomic mass is 9.89. The van der Waals surface area contributed by atoms with Crippen LogP contribution in [0.15, 0.2) is 36.4 Å². The molecule has 1 unspecified atom stereocenters. The summed E-state index contributed by atoms with van der Waals surface area (Å²) >= 11 is 0. The van der Waals surface area contributed by atoms with Crippen LogP contribution in [0.1, 0.15) is 48.1 Å². The van der Waals surface area contributed by atoms with Crippen molar-refractivity contribution in [1.82, 2.24) is 10.2 Å². The molecule has 2 amide bonds. The van der Waals surface area contributed by atoms with E-state index in [1.807, 2.05) is 17.9 Å². The Morgan fingerprint density at radius 3 is 2.57 bits per heavy atom. The fourth-order valence-corrected chi connectivity index (χ4v) is 4.42. The number of aryl methyl sites for hydroxylation is 2. The topological polar surface area (TPSA) is 59.4 Å². The number of anilines is 1. The summed E-state index contributed by atoms with van der Waals surface area (Å²) in [4.78, 5) is 16.5. The second-order valence-corrected chi connectivity index (χ2v) is 8.13. The summed E-state index contributed by atoms with van der Waals surface area (Å²) in [5, 5.41) is 12.4. The molecule has 30 heavy (non-hydrogen) atoms. The van der Waals surface area contributed by atoms with Crippen LogP contribution in [0.25, 0.3) is 0 Å². The normalized spacial score (nSPS) is 17.1. The highest BCUT2D eigenvalue weighted by Crippen LogP contribution is 2.26. The van der Waals surface area contributed by atoms with E-state index in [2.05, 4.69) is 23.5 Å². The highest BCUT2D eigenvalue weighted by Gasteiger charge is 2.24. The monoisotopic (exact) mass is 406 g/mol. The second-order valence-electron chi connectivity index (χ2n) is 8.13. The quantitative estimate of drug-likeness (QED) is 0.832. The number of hydrogen-bond acceptors (Lipinski definition) is 3. The number of rotatable bonds is 3. The smallest absolute Gasteiger partial charge is 0.317 e. The molecule has 1 fully saturated rings. The Morgan fingerprint density at radius 2 is 1.83 bits per heavy atom. The Bertz CT molecular complexity index is 976. The first-order valence-electron chi connectivity index (χ1n) is 10.7. The lowest BCUT2D eigenvalue weighted by molar-refractivity contribution is 0.191. The molecule has 0 bridgehead atoms. The summed E-state index contributed by atoms with van der Waals surface area (Å²) in [5.41, 5.74) is 4.66. The van der Waals surface area contributed by atoms with Gasteiger partial charge in [0.1, 0.15) is 17.4 Å². The van der Waals surface area contributed by atoms with Crippen LogP contribution in [-0.2, 0) is 12.8 Å². The Kier molecular flexibility index (Phi) is 5.89. The van der Waals surface area contributed by atoms with E-state index in [1.54, 1.807) is 17.0 Å². The van der Waals surface area contributed by atoms with Crippen LogP contribution < -0.4 is 10.2 Å². The third-order valence-corrected chi connectivity index (χ3v) is 6.22. The summed E-state index contributed by atoms with van der Waals surface area (Å²) in [7, 11) is 0. The van der Waals surface area contributed by atoms with E-state index in [0.717, 1.165) is 18.4 Å². The summed E-state index contributed by atoms with van der Waals surface area (Å²) in [6.07, 6.45) is 4.77. The number of halogens is 1. The predicted octanol–water partition coefficient (Wildman–Crippen LogP) is 4.17. The van der Waals surface area contributed by atoms with E-state index in [9.17, 15) is 14.4 Å². The van der Waals surface area contributed by atoms with E-state index in [4.69, 9.17) is 0 Å². The highest BCUT2D eigenvalue weighted by atomic mass is 19.1. The van der Waals surface area contributed by atoms with Crippen LogP contribution in [0.3, 0.4) is 0 Å². The van der Waals surface area contributed by atoms with Gasteiger partial charge in [-0.15, -0.1) is 0 Å². The fraction of sp³-hybridized carbons (Fsp3) is 0.417. The first-order chi connectivity index (χ1) is 14.6. The van der Waals surface area contributed by atoms with Crippen molar-refractivity contribution in [3.8, 4) is 6.07 Å². The average Bonchev–Trinajstić information content (AvgIpc) is 2.78. The van der Waals surface area contributed by atoms with Crippen molar-refractivity contribution in [3.63, 3.8) is 0 Å². The van der Waals surface area contributed by atoms with Crippen LogP contribution in [0.2, 0.25) is 0 Å². The Hall–Kier alpha value is -3.07. The number of carbonyl (C=O) groups is 1. The van der Waals surface area contributed by atoms with Gasteiger partial charge in [0.25, 0.3) is 0 Å². The molecular formula is C24H27FN4O. The first-order valence-corrected chi connectivity index (χ1v) is 10.7. The van der Waals surface area contributed by atoms with Crippen molar-refractivity contribution in [2.24, 2.45) is 0 Å². The Morgan fingerprint density at radius 1 is 1.10 bits per heavy atom. The maximum absolute atomic E-state index is 13.9. The summed E-state index contributed by atoms with van der Waals surface area (Å²) < 4.78 is 13.9. The van der Waals surface area contributed by atoms with Crippen LogP contribution >= 0.6 is 0 Å². The third kappa shape index (κ3) is 4.11. The van der Waals surface area contributed by atoms with Gasteiger partial charge in [-0.1, -0.05) is 24.3 Å². The molecule has 2 aromatic rings. The van der Waals surface area contributed by atoms with E-state index in [0.29, 0.717) is 31.9 Å². The van der Waals surface area contributed by atoms with Gasteiger partial charge in [0.2, 0.25) is 0 Å². The number of piperazine rings is 1. The average molecular weight is 407 g/mol. The van der Waals surface area contributed by atoms with Gasteiger partial charge >= 0.3 is 6.03 Å². The fourth-order valence-electron chi connectivity index (χ4n) is 4.42. The molecule has 6 heteroatoms. The third-order valence-electron chi connectivity index (χ3n) is 6.22. The Balaban J connectivity index is 1.36. The maximum atomic E-state index is 13.9.